The smallest absolute Gasteiger partial charge is 0.172 e. The van der Waals surface area contributed by atoms with Gasteiger partial charge < -0.3 is 15.8 Å². The number of oxime groups is 1. The van der Waals surface area contributed by atoms with E-state index in [1.54, 1.807) is 0 Å². The number of thioether (sulfide) groups is 1. The molecule has 2 rings (SSSR count). The third-order valence-electron chi connectivity index (χ3n) is 2.70. The first-order valence-electron chi connectivity index (χ1n) is 5.32. The van der Waals surface area contributed by atoms with E-state index < -0.39 is 0 Å². The summed E-state index contributed by atoms with van der Waals surface area (Å²) in [5.74, 6) is 2.38. The van der Waals surface area contributed by atoms with E-state index in [1.807, 2.05) is 30.0 Å². The largest absolute Gasteiger partial charge is 0.409 e. The standard InChI is InChI=1S/C11H14BrN3OS/c12-8-1-2-9(11(13)14-16)10(7-8)15-3-5-17-6-4-15/h1-2,7,16H,3-6H2,(H2,13,14). The molecule has 0 spiro atoms. The normalized spacial score (nSPS) is 17.2. The number of benzene rings is 1. The fourth-order valence-electron chi connectivity index (χ4n) is 1.84. The van der Waals surface area contributed by atoms with Crippen LogP contribution in [0.5, 0.6) is 0 Å². The van der Waals surface area contributed by atoms with Crippen LogP contribution in [-0.2, 0) is 0 Å². The molecule has 0 bridgehead atoms. The van der Waals surface area contributed by atoms with Crippen molar-refractivity contribution in [1.29, 1.82) is 0 Å². The highest BCUT2D eigenvalue weighted by Gasteiger charge is 2.16. The number of amidine groups is 1. The molecule has 3 N–H and O–H groups in total. The molecule has 1 fully saturated rings. The van der Waals surface area contributed by atoms with E-state index >= 15 is 0 Å². The summed E-state index contributed by atoms with van der Waals surface area (Å²) < 4.78 is 1.00. The Bertz CT molecular complexity index is 433. The molecule has 6 heteroatoms. The Hall–Kier alpha value is -0.880. The molecule has 17 heavy (non-hydrogen) atoms. The molecule has 0 saturated carbocycles. The van der Waals surface area contributed by atoms with Gasteiger partial charge in [0.2, 0.25) is 0 Å². The van der Waals surface area contributed by atoms with Crippen LogP contribution in [0.2, 0.25) is 0 Å². The number of anilines is 1. The van der Waals surface area contributed by atoms with Crippen molar-refractivity contribution in [3.63, 3.8) is 0 Å². The minimum Gasteiger partial charge on any atom is -0.409 e. The first-order chi connectivity index (χ1) is 8.22. The van der Waals surface area contributed by atoms with E-state index in [2.05, 4.69) is 26.0 Å². The summed E-state index contributed by atoms with van der Waals surface area (Å²) in [6, 6.07) is 5.79. The summed E-state index contributed by atoms with van der Waals surface area (Å²) in [7, 11) is 0. The summed E-state index contributed by atoms with van der Waals surface area (Å²) in [5, 5.41) is 11.9. The van der Waals surface area contributed by atoms with Crippen LogP contribution in [0.4, 0.5) is 5.69 Å². The second-order valence-corrected chi connectivity index (χ2v) is 5.89. The molecule has 0 aromatic heterocycles. The van der Waals surface area contributed by atoms with Crippen LogP contribution in [0, 0.1) is 0 Å². The molecule has 1 saturated heterocycles. The Morgan fingerprint density at radius 1 is 1.41 bits per heavy atom. The molecule has 0 unspecified atom stereocenters. The topological polar surface area (TPSA) is 61.9 Å². The van der Waals surface area contributed by atoms with Gasteiger partial charge in [0.15, 0.2) is 5.84 Å². The van der Waals surface area contributed by atoms with Crippen molar-refractivity contribution in [2.45, 2.75) is 0 Å². The molecule has 0 radical (unpaired) electrons. The van der Waals surface area contributed by atoms with E-state index in [1.165, 1.54) is 0 Å². The van der Waals surface area contributed by atoms with Gasteiger partial charge in [-0.1, -0.05) is 21.1 Å². The van der Waals surface area contributed by atoms with Gasteiger partial charge >= 0.3 is 0 Å². The zero-order valence-electron chi connectivity index (χ0n) is 9.27. The number of nitrogens with zero attached hydrogens (tertiary/aromatic N) is 2. The van der Waals surface area contributed by atoms with E-state index in [9.17, 15) is 0 Å². The summed E-state index contributed by atoms with van der Waals surface area (Å²) in [5.41, 5.74) is 7.51. The Labute approximate surface area is 113 Å². The highest BCUT2D eigenvalue weighted by atomic mass is 79.9. The van der Waals surface area contributed by atoms with Gasteiger partial charge in [0.1, 0.15) is 0 Å². The molecule has 0 aliphatic carbocycles. The number of hydrogen-bond acceptors (Lipinski definition) is 4. The molecule has 1 aromatic rings. The summed E-state index contributed by atoms with van der Waals surface area (Å²) in [6.07, 6.45) is 0. The third kappa shape index (κ3) is 2.87. The Morgan fingerprint density at radius 3 is 2.76 bits per heavy atom. The van der Waals surface area contributed by atoms with Crippen molar-refractivity contribution in [2.75, 3.05) is 29.5 Å². The SMILES string of the molecule is N/C(=N/O)c1ccc(Br)cc1N1CCSCC1. The third-order valence-corrected chi connectivity index (χ3v) is 4.13. The number of hydrogen-bond donors (Lipinski definition) is 2. The molecule has 0 amide bonds. The van der Waals surface area contributed by atoms with Crippen molar-refractivity contribution in [1.82, 2.24) is 0 Å². The van der Waals surface area contributed by atoms with E-state index in [4.69, 9.17) is 10.9 Å². The van der Waals surface area contributed by atoms with Gasteiger partial charge in [0.05, 0.1) is 0 Å². The lowest BCUT2D eigenvalue weighted by Gasteiger charge is -2.30. The predicted molar refractivity (Wildman–Crippen MR) is 76.2 cm³/mol. The summed E-state index contributed by atoms with van der Waals surface area (Å²) in [4.78, 5) is 2.27. The lowest BCUT2D eigenvalue weighted by molar-refractivity contribution is 0.318. The van der Waals surface area contributed by atoms with Crippen LogP contribution < -0.4 is 10.6 Å². The molecule has 1 heterocycles. The molecular weight excluding hydrogens is 302 g/mol. The molecule has 0 atom stereocenters. The van der Waals surface area contributed by atoms with Crippen molar-refractivity contribution in [3.8, 4) is 0 Å². The minimum absolute atomic E-state index is 0.158. The van der Waals surface area contributed by atoms with Crippen LogP contribution in [0.25, 0.3) is 0 Å². The monoisotopic (exact) mass is 315 g/mol. The molecule has 1 aliphatic rings. The second kappa shape index (κ2) is 5.64. The highest BCUT2D eigenvalue weighted by Crippen LogP contribution is 2.27. The number of rotatable bonds is 2. The summed E-state index contributed by atoms with van der Waals surface area (Å²) >= 11 is 5.41. The van der Waals surface area contributed by atoms with Crippen molar-refractivity contribution < 1.29 is 5.21 Å². The Morgan fingerprint density at radius 2 is 2.12 bits per heavy atom. The maximum atomic E-state index is 8.81. The minimum atomic E-state index is 0.158. The quantitative estimate of drug-likeness (QED) is 0.380. The lowest BCUT2D eigenvalue weighted by atomic mass is 10.1. The molecule has 1 aromatic carbocycles. The predicted octanol–water partition coefficient (Wildman–Crippen LogP) is 2.10. The van der Waals surface area contributed by atoms with E-state index in [-0.39, 0.29) is 5.84 Å². The van der Waals surface area contributed by atoms with Crippen LogP contribution in [-0.4, -0.2) is 35.6 Å². The highest BCUT2D eigenvalue weighted by molar-refractivity contribution is 9.10. The van der Waals surface area contributed by atoms with Gasteiger partial charge in [0, 0.05) is 40.3 Å². The van der Waals surface area contributed by atoms with Crippen LogP contribution in [0.3, 0.4) is 0 Å². The van der Waals surface area contributed by atoms with Gasteiger partial charge in [-0.15, -0.1) is 0 Å². The Kier molecular flexibility index (Phi) is 4.17. The first kappa shape index (κ1) is 12.6. The van der Waals surface area contributed by atoms with Crippen molar-refractivity contribution in [2.24, 2.45) is 10.9 Å². The maximum absolute atomic E-state index is 8.81. The van der Waals surface area contributed by atoms with Crippen molar-refractivity contribution in [3.05, 3.63) is 28.2 Å². The maximum Gasteiger partial charge on any atom is 0.172 e. The summed E-state index contributed by atoms with van der Waals surface area (Å²) in [6.45, 7) is 1.99. The lowest BCUT2D eigenvalue weighted by Crippen LogP contribution is -2.34. The van der Waals surface area contributed by atoms with Gasteiger partial charge in [-0.3, -0.25) is 0 Å². The average molecular weight is 316 g/mol. The van der Waals surface area contributed by atoms with Gasteiger partial charge in [-0.05, 0) is 18.2 Å². The van der Waals surface area contributed by atoms with E-state index in [0.29, 0.717) is 0 Å². The Balaban J connectivity index is 2.38. The molecular formula is C11H14BrN3OS. The van der Waals surface area contributed by atoms with E-state index in [0.717, 1.165) is 40.3 Å². The molecule has 92 valence electrons. The average Bonchev–Trinajstić information content (AvgIpc) is 2.39. The number of halogens is 1. The number of nitrogens with two attached hydrogens (primary N) is 1. The second-order valence-electron chi connectivity index (χ2n) is 3.75. The van der Waals surface area contributed by atoms with Crippen molar-refractivity contribution >= 4 is 39.2 Å². The fourth-order valence-corrected chi connectivity index (χ4v) is 3.09. The van der Waals surface area contributed by atoms with Gasteiger partial charge in [-0.2, -0.15) is 11.8 Å². The zero-order chi connectivity index (χ0) is 12.3. The van der Waals surface area contributed by atoms with Gasteiger partial charge in [-0.25, -0.2) is 0 Å². The molecule has 4 nitrogen and oxygen atoms in total. The molecule has 1 aliphatic heterocycles. The van der Waals surface area contributed by atoms with Crippen LogP contribution in [0.1, 0.15) is 5.56 Å². The van der Waals surface area contributed by atoms with Gasteiger partial charge in [0.25, 0.3) is 0 Å². The first-order valence-corrected chi connectivity index (χ1v) is 7.27. The van der Waals surface area contributed by atoms with Crippen LogP contribution in [0.15, 0.2) is 27.8 Å². The zero-order valence-corrected chi connectivity index (χ0v) is 11.7. The fraction of sp³-hybridized carbons (Fsp3) is 0.364. The van der Waals surface area contributed by atoms with Crippen LogP contribution >= 0.6 is 27.7 Å².